The first kappa shape index (κ1) is 18.1. The lowest BCUT2D eigenvalue weighted by Gasteiger charge is -2.09. The van der Waals surface area contributed by atoms with Crippen LogP contribution in [-0.4, -0.2) is 34.2 Å². The van der Waals surface area contributed by atoms with Crippen molar-refractivity contribution in [3.63, 3.8) is 0 Å². The van der Waals surface area contributed by atoms with Crippen molar-refractivity contribution in [2.75, 3.05) is 0 Å². The smallest absolute Gasteiger partial charge is 0.358 e. The maximum absolute atomic E-state index is 11.1. The molecule has 0 aliphatic rings. The number of halogens is 1. The van der Waals surface area contributed by atoms with Gasteiger partial charge in [-0.15, -0.1) is 0 Å². The zero-order chi connectivity index (χ0) is 19.8. The minimum absolute atomic E-state index is 0.0516. The molecule has 3 aromatic heterocycles. The van der Waals surface area contributed by atoms with Gasteiger partial charge in [-0.05, 0) is 53.1 Å². The second kappa shape index (κ2) is 7.01. The van der Waals surface area contributed by atoms with E-state index in [4.69, 9.17) is 11.6 Å². The maximum Gasteiger partial charge on any atom is 0.382 e. The summed E-state index contributed by atoms with van der Waals surface area (Å²) >= 11 is 5.88. The normalized spacial score (nSPS) is 11.4. The van der Waals surface area contributed by atoms with E-state index >= 15 is 0 Å². The second-order valence-corrected chi connectivity index (χ2v) is 6.94. The first-order chi connectivity index (χ1) is 13.4. The number of benzene rings is 1. The molecule has 0 fully saturated rings. The summed E-state index contributed by atoms with van der Waals surface area (Å²) in [6.07, 6.45) is 4.79. The lowest BCUT2D eigenvalue weighted by atomic mass is 10.1. The topological polar surface area (TPSA) is 105 Å². The largest absolute Gasteiger partial charge is 0.382 e. The van der Waals surface area contributed by atoms with Crippen LogP contribution in [0.15, 0.2) is 42.9 Å². The van der Waals surface area contributed by atoms with E-state index in [1.807, 2.05) is 38.1 Å². The van der Waals surface area contributed by atoms with Crippen molar-refractivity contribution >= 4 is 28.5 Å². The number of fused-ring (bicyclic) bond motifs is 1. The van der Waals surface area contributed by atoms with Gasteiger partial charge in [0.1, 0.15) is 6.20 Å². The number of nitro groups is 1. The lowest BCUT2D eigenvalue weighted by molar-refractivity contribution is -0.389. The monoisotopic (exact) mass is 397 g/mol. The summed E-state index contributed by atoms with van der Waals surface area (Å²) in [6, 6.07) is 7.73. The molecule has 0 amide bonds. The molecule has 1 aromatic carbocycles. The molecule has 28 heavy (non-hydrogen) atoms. The van der Waals surface area contributed by atoms with Gasteiger partial charge < -0.3 is 14.7 Å². The molecule has 4 rings (SSSR count). The third-order valence-electron chi connectivity index (χ3n) is 4.35. The average molecular weight is 398 g/mol. The molecular weight excluding hydrogens is 382 g/mol. The Bertz CT molecular complexity index is 1160. The van der Waals surface area contributed by atoms with E-state index in [2.05, 4.69) is 20.1 Å². The van der Waals surface area contributed by atoms with E-state index in [1.165, 1.54) is 6.20 Å². The minimum atomic E-state index is -0.480. The predicted molar refractivity (Wildman–Crippen MR) is 104 cm³/mol. The predicted octanol–water partition coefficient (Wildman–Crippen LogP) is 3.88. The lowest BCUT2D eigenvalue weighted by Crippen LogP contribution is -2.04. The Hall–Kier alpha value is -3.33. The average Bonchev–Trinajstić information content (AvgIpc) is 3.27. The molecule has 0 atom stereocenters. The summed E-state index contributed by atoms with van der Waals surface area (Å²) in [5, 5.41) is 16.4. The fourth-order valence-electron chi connectivity index (χ4n) is 2.97. The summed E-state index contributed by atoms with van der Waals surface area (Å²) in [7, 11) is 0. The van der Waals surface area contributed by atoms with Crippen LogP contribution in [0, 0.1) is 10.1 Å². The van der Waals surface area contributed by atoms with E-state index in [9.17, 15) is 10.1 Å². The van der Waals surface area contributed by atoms with Crippen molar-refractivity contribution in [1.29, 1.82) is 0 Å². The van der Waals surface area contributed by atoms with E-state index in [0.717, 1.165) is 16.5 Å². The van der Waals surface area contributed by atoms with Crippen LogP contribution >= 0.6 is 11.6 Å². The Kier molecular flexibility index (Phi) is 4.52. The zero-order valence-corrected chi connectivity index (χ0v) is 15.9. The summed E-state index contributed by atoms with van der Waals surface area (Å²) in [5.41, 5.74) is 2.47. The summed E-state index contributed by atoms with van der Waals surface area (Å²) in [6.45, 7) is 4.42. The second-order valence-electron chi connectivity index (χ2n) is 6.60. The number of aromatic nitrogens is 6. The number of imidazole rings is 1. The molecule has 0 aliphatic heterocycles. The standard InChI is InChI=1S/C18H16ClN7O2/c1-11(2)24-10-15(26(27)28)22-16(24)13-5-3-12(4-6-13)9-25-17-14(8-21-25)7-20-18(19)23-17/h3-8,10-11H,9H2,1-2H3. The molecular formula is C18H16ClN7O2. The molecule has 0 saturated heterocycles. The van der Waals surface area contributed by atoms with Gasteiger partial charge in [-0.3, -0.25) is 0 Å². The quantitative estimate of drug-likeness (QED) is 0.287. The van der Waals surface area contributed by atoms with Gasteiger partial charge in [0.15, 0.2) is 5.65 Å². The van der Waals surface area contributed by atoms with Crippen molar-refractivity contribution in [1.82, 2.24) is 29.3 Å². The highest BCUT2D eigenvalue weighted by Gasteiger charge is 2.21. The van der Waals surface area contributed by atoms with Crippen molar-refractivity contribution in [2.45, 2.75) is 26.4 Å². The third kappa shape index (κ3) is 3.31. The van der Waals surface area contributed by atoms with Crippen LogP contribution in [-0.2, 0) is 6.54 Å². The Labute approximate surface area is 164 Å². The number of hydrogen-bond acceptors (Lipinski definition) is 6. The molecule has 142 valence electrons. The number of nitrogens with zero attached hydrogens (tertiary/aromatic N) is 7. The van der Waals surface area contributed by atoms with Crippen LogP contribution in [0.5, 0.6) is 0 Å². The molecule has 3 heterocycles. The minimum Gasteiger partial charge on any atom is -0.358 e. The number of rotatable bonds is 5. The van der Waals surface area contributed by atoms with Crippen LogP contribution < -0.4 is 0 Å². The van der Waals surface area contributed by atoms with Gasteiger partial charge in [0.05, 0.1) is 18.1 Å². The summed E-state index contributed by atoms with van der Waals surface area (Å²) in [4.78, 5) is 23.0. The molecule has 0 radical (unpaired) electrons. The SMILES string of the molecule is CC(C)n1cc([N+](=O)[O-])nc1-c1ccc(Cn2ncc3cnc(Cl)nc32)cc1. The first-order valence-corrected chi connectivity index (χ1v) is 8.97. The van der Waals surface area contributed by atoms with Gasteiger partial charge in [-0.2, -0.15) is 10.1 Å². The van der Waals surface area contributed by atoms with Gasteiger partial charge in [0, 0.05) is 17.8 Å². The van der Waals surface area contributed by atoms with Crippen molar-refractivity contribution in [2.24, 2.45) is 0 Å². The Morgan fingerprint density at radius 1 is 1.18 bits per heavy atom. The van der Waals surface area contributed by atoms with Crippen LogP contribution in [0.4, 0.5) is 5.82 Å². The van der Waals surface area contributed by atoms with Crippen LogP contribution in [0.3, 0.4) is 0 Å². The van der Waals surface area contributed by atoms with Gasteiger partial charge in [-0.25, -0.2) is 9.67 Å². The maximum atomic E-state index is 11.1. The fourth-order valence-corrected chi connectivity index (χ4v) is 3.10. The van der Waals surface area contributed by atoms with Crippen LogP contribution in [0.1, 0.15) is 25.5 Å². The Balaban J connectivity index is 1.64. The molecule has 0 spiro atoms. The van der Waals surface area contributed by atoms with Crippen molar-refractivity contribution in [3.8, 4) is 11.4 Å². The van der Waals surface area contributed by atoms with Crippen LogP contribution in [0.2, 0.25) is 5.28 Å². The highest BCUT2D eigenvalue weighted by Crippen LogP contribution is 2.26. The van der Waals surface area contributed by atoms with Gasteiger partial charge in [0.25, 0.3) is 5.82 Å². The highest BCUT2D eigenvalue weighted by atomic mass is 35.5. The molecule has 0 saturated carbocycles. The Morgan fingerprint density at radius 3 is 2.61 bits per heavy atom. The molecule has 0 N–H and O–H groups in total. The van der Waals surface area contributed by atoms with E-state index < -0.39 is 4.92 Å². The van der Waals surface area contributed by atoms with Crippen molar-refractivity contribution < 1.29 is 4.92 Å². The fraction of sp³-hybridized carbons (Fsp3) is 0.222. The molecule has 0 unspecified atom stereocenters. The summed E-state index contributed by atoms with van der Waals surface area (Å²) < 4.78 is 3.55. The van der Waals surface area contributed by atoms with Gasteiger partial charge in [-0.1, -0.05) is 12.1 Å². The first-order valence-electron chi connectivity index (χ1n) is 8.59. The van der Waals surface area contributed by atoms with Crippen LogP contribution in [0.25, 0.3) is 22.4 Å². The molecule has 10 heteroatoms. The van der Waals surface area contributed by atoms with E-state index in [0.29, 0.717) is 18.0 Å². The molecule has 0 aliphatic carbocycles. The Morgan fingerprint density at radius 2 is 1.93 bits per heavy atom. The molecule has 4 aromatic rings. The summed E-state index contributed by atoms with van der Waals surface area (Å²) in [5.74, 6) is 0.407. The number of hydrogen-bond donors (Lipinski definition) is 0. The van der Waals surface area contributed by atoms with Gasteiger partial charge in [0.2, 0.25) is 5.28 Å². The molecule has 9 nitrogen and oxygen atoms in total. The third-order valence-corrected chi connectivity index (χ3v) is 4.54. The molecule has 0 bridgehead atoms. The van der Waals surface area contributed by atoms with E-state index in [-0.39, 0.29) is 17.1 Å². The highest BCUT2D eigenvalue weighted by molar-refractivity contribution is 6.28. The zero-order valence-electron chi connectivity index (χ0n) is 15.2. The van der Waals surface area contributed by atoms with Crippen molar-refractivity contribution in [3.05, 3.63) is 63.8 Å². The van der Waals surface area contributed by atoms with E-state index in [1.54, 1.807) is 21.6 Å². The van der Waals surface area contributed by atoms with Gasteiger partial charge >= 0.3 is 5.82 Å².